The van der Waals surface area contributed by atoms with E-state index < -0.39 is 0 Å². The molecule has 0 aromatic heterocycles. The van der Waals surface area contributed by atoms with Gasteiger partial charge in [-0.25, -0.2) is 0 Å². The number of hydrogen-bond acceptors (Lipinski definition) is 3. The van der Waals surface area contributed by atoms with Gasteiger partial charge in [-0.15, -0.1) is 0 Å². The molecule has 0 saturated carbocycles. The lowest BCUT2D eigenvalue weighted by molar-refractivity contribution is 0.0615. The Hall–Kier alpha value is -3.01. The zero-order valence-corrected chi connectivity index (χ0v) is 15.9. The minimum absolute atomic E-state index is 0.0387. The number of nitrogens with one attached hydrogen (secondary N) is 1. The summed E-state index contributed by atoms with van der Waals surface area (Å²) >= 11 is 0. The second kappa shape index (κ2) is 6.95. The molecule has 27 heavy (non-hydrogen) atoms. The van der Waals surface area contributed by atoms with Crippen molar-refractivity contribution in [2.45, 2.75) is 33.0 Å². The Morgan fingerprint density at radius 1 is 1.04 bits per heavy atom. The summed E-state index contributed by atoms with van der Waals surface area (Å²) < 4.78 is 5.97. The third kappa shape index (κ3) is 2.91. The number of benzene rings is 3. The van der Waals surface area contributed by atoms with Crippen molar-refractivity contribution >= 4 is 22.4 Å². The number of para-hydroxylation sites is 1. The molecular weight excluding hydrogens is 336 g/mol. The van der Waals surface area contributed by atoms with Gasteiger partial charge in [0, 0.05) is 17.3 Å². The summed E-state index contributed by atoms with van der Waals surface area (Å²) in [4.78, 5) is 15.2. The minimum Gasteiger partial charge on any atom is -0.493 e. The molecule has 0 radical (unpaired) electrons. The molecular formula is C23H24N2O2. The average molecular weight is 360 g/mol. The molecule has 1 unspecified atom stereocenters. The van der Waals surface area contributed by atoms with E-state index in [0.29, 0.717) is 12.2 Å². The second-order valence-electron chi connectivity index (χ2n) is 7.03. The van der Waals surface area contributed by atoms with Crippen molar-refractivity contribution < 1.29 is 9.53 Å². The summed E-state index contributed by atoms with van der Waals surface area (Å²) in [6, 6.07) is 20.1. The molecule has 0 aliphatic carbocycles. The fourth-order valence-electron chi connectivity index (χ4n) is 3.85. The van der Waals surface area contributed by atoms with Crippen LogP contribution in [0.25, 0.3) is 10.8 Å². The lowest BCUT2D eigenvalue weighted by atomic mass is 9.96. The minimum atomic E-state index is -0.292. The van der Waals surface area contributed by atoms with Crippen LogP contribution in [0.15, 0.2) is 60.7 Å². The molecule has 3 aromatic rings. The fraction of sp³-hybridized carbons (Fsp3) is 0.261. The van der Waals surface area contributed by atoms with Gasteiger partial charge in [0.2, 0.25) is 0 Å². The number of hydrogen-bond donors (Lipinski definition) is 1. The molecule has 0 spiro atoms. The topological polar surface area (TPSA) is 41.6 Å². The highest BCUT2D eigenvalue weighted by Gasteiger charge is 2.36. The summed E-state index contributed by atoms with van der Waals surface area (Å²) in [5, 5.41) is 5.82. The maximum atomic E-state index is 13.3. The summed E-state index contributed by atoms with van der Waals surface area (Å²) in [7, 11) is 0. The maximum absolute atomic E-state index is 13.3. The molecule has 0 fully saturated rings. The monoisotopic (exact) mass is 360 g/mol. The van der Waals surface area contributed by atoms with Gasteiger partial charge in [0.25, 0.3) is 5.91 Å². The van der Waals surface area contributed by atoms with Gasteiger partial charge in [-0.3, -0.25) is 4.79 Å². The highest BCUT2D eigenvalue weighted by atomic mass is 16.5. The van der Waals surface area contributed by atoms with Gasteiger partial charge in [0.15, 0.2) is 0 Å². The Morgan fingerprint density at radius 2 is 1.78 bits per heavy atom. The number of amides is 1. The van der Waals surface area contributed by atoms with Crippen molar-refractivity contribution in [3.63, 3.8) is 0 Å². The normalized spacial score (nSPS) is 16.4. The number of nitrogens with zero attached hydrogens (tertiary/aromatic N) is 1. The SMILES string of the molecule is CCOc1ccc2ccccc2c1C1Nc2ccccc2C(=O)N1C(C)C. The van der Waals surface area contributed by atoms with Crippen LogP contribution in [0.3, 0.4) is 0 Å². The Labute approximate surface area is 159 Å². The highest BCUT2D eigenvalue weighted by Crippen LogP contribution is 2.41. The van der Waals surface area contributed by atoms with E-state index in [2.05, 4.69) is 23.5 Å². The molecule has 4 nitrogen and oxygen atoms in total. The molecule has 3 aromatic carbocycles. The van der Waals surface area contributed by atoms with E-state index in [1.54, 1.807) is 0 Å². The van der Waals surface area contributed by atoms with Crippen LogP contribution in [-0.4, -0.2) is 23.5 Å². The van der Waals surface area contributed by atoms with E-state index in [1.807, 2.05) is 68.1 Å². The van der Waals surface area contributed by atoms with Crippen molar-refractivity contribution in [1.29, 1.82) is 0 Å². The molecule has 0 saturated heterocycles. The Kier molecular flexibility index (Phi) is 4.48. The zero-order valence-electron chi connectivity index (χ0n) is 15.9. The van der Waals surface area contributed by atoms with Gasteiger partial charge in [0.05, 0.1) is 12.2 Å². The van der Waals surface area contributed by atoms with E-state index in [4.69, 9.17) is 4.74 Å². The lowest BCUT2D eigenvalue weighted by Crippen LogP contribution is -2.46. The Balaban J connectivity index is 1.96. The van der Waals surface area contributed by atoms with Crippen LogP contribution in [0.5, 0.6) is 5.75 Å². The first-order chi connectivity index (χ1) is 13.1. The van der Waals surface area contributed by atoms with Crippen molar-refractivity contribution in [3.8, 4) is 5.75 Å². The third-order valence-electron chi connectivity index (χ3n) is 5.02. The largest absolute Gasteiger partial charge is 0.493 e. The van der Waals surface area contributed by atoms with Crippen molar-refractivity contribution in [2.24, 2.45) is 0 Å². The van der Waals surface area contributed by atoms with Gasteiger partial charge in [-0.05, 0) is 49.7 Å². The predicted octanol–water partition coefficient (Wildman–Crippen LogP) is 5.21. The molecule has 1 amide bonds. The quantitative estimate of drug-likeness (QED) is 0.694. The van der Waals surface area contributed by atoms with Crippen LogP contribution in [-0.2, 0) is 0 Å². The first-order valence-electron chi connectivity index (χ1n) is 9.44. The Bertz CT molecular complexity index is 997. The second-order valence-corrected chi connectivity index (χ2v) is 7.03. The summed E-state index contributed by atoms with van der Waals surface area (Å²) in [6.07, 6.45) is -0.292. The molecule has 1 N–H and O–H groups in total. The third-order valence-corrected chi connectivity index (χ3v) is 5.02. The van der Waals surface area contributed by atoms with Crippen molar-refractivity contribution in [3.05, 3.63) is 71.8 Å². The highest BCUT2D eigenvalue weighted by molar-refractivity contribution is 6.02. The van der Waals surface area contributed by atoms with Crippen LogP contribution in [0.1, 0.15) is 42.9 Å². The molecule has 0 bridgehead atoms. The van der Waals surface area contributed by atoms with Crippen molar-refractivity contribution in [1.82, 2.24) is 4.90 Å². The number of fused-ring (bicyclic) bond motifs is 2. The van der Waals surface area contributed by atoms with E-state index in [1.165, 1.54) is 0 Å². The van der Waals surface area contributed by atoms with Crippen molar-refractivity contribution in [2.75, 3.05) is 11.9 Å². The molecule has 1 heterocycles. The van der Waals surface area contributed by atoms with Gasteiger partial charge < -0.3 is 15.0 Å². The van der Waals surface area contributed by atoms with Crippen LogP contribution < -0.4 is 10.1 Å². The first-order valence-corrected chi connectivity index (χ1v) is 9.44. The molecule has 4 rings (SSSR count). The summed E-state index contributed by atoms with van der Waals surface area (Å²) in [5.41, 5.74) is 2.58. The number of anilines is 1. The Morgan fingerprint density at radius 3 is 2.56 bits per heavy atom. The standard InChI is InChI=1S/C23H24N2O2/c1-4-27-20-14-13-16-9-5-6-10-17(16)21(20)22-24-19-12-8-7-11-18(19)23(26)25(22)15(2)3/h5-15,22,24H,4H2,1-3H3. The number of carbonyl (C=O) groups excluding carboxylic acids is 1. The van der Waals surface area contributed by atoms with Gasteiger partial charge in [-0.1, -0.05) is 42.5 Å². The number of carbonyl (C=O) groups is 1. The van der Waals surface area contributed by atoms with Crippen LogP contribution in [0.2, 0.25) is 0 Å². The average Bonchev–Trinajstić information content (AvgIpc) is 2.67. The summed E-state index contributed by atoms with van der Waals surface area (Å²) in [5.74, 6) is 0.853. The van der Waals surface area contributed by atoms with E-state index in [0.717, 1.165) is 27.8 Å². The molecule has 138 valence electrons. The number of rotatable bonds is 4. The van der Waals surface area contributed by atoms with E-state index in [-0.39, 0.29) is 18.1 Å². The molecule has 1 aliphatic heterocycles. The van der Waals surface area contributed by atoms with E-state index in [9.17, 15) is 4.79 Å². The maximum Gasteiger partial charge on any atom is 0.258 e. The van der Waals surface area contributed by atoms with E-state index >= 15 is 0 Å². The van der Waals surface area contributed by atoms with Crippen LogP contribution in [0, 0.1) is 0 Å². The van der Waals surface area contributed by atoms with Gasteiger partial charge >= 0.3 is 0 Å². The first kappa shape index (κ1) is 17.4. The van der Waals surface area contributed by atoms with Crippen LogP contribution in [0.4, 0.5) is 5.69 Å². The lowest BCUT2D eigenvalue weighted by Gasteiger charge is -2.41. The fourth-order valence-corrected chi connectivity index (χ4v) is 3.85. The van der Waals surface area contributed by atoms with Gasteiger partial charge in [-0.2, -0.15) is 0 Å². The predicted molar refractivity (Wildman–Crippen MR) is 109 cm³/mol. The molecule has 1 aliphatic rings. The molecule has 4 heteroatoms. The number of ether oxygens (including phenoxy) is 1. The zero-order chi connectivity index (χ0) is 19.0. The summed E-state index contributed by atoms with van der Waals surface area (Å²) in [6.45, 7) is 6.65. The van der Waals surface area contributed by atoms with Gasteiger partial charge in [0.1, 0.15) is 11.9 Å². The smallest absolute Gasteiger partial charge is 0.258 e. The van der Waals surface area contributed by atoms with Crippen LogP contribution >= 0.6 is 0 Å². The molecule has 1 atom stereocenters.